The van der Waals surface area contributed by atoms with E-state index >= 15 is 0 Å². The number of hydrogen-bond donors (Lipinski definition) is 2. The van der Waals surface area contributed by atoms with Gasteiger partial charge in [0.1, 0.15) is 0 Å². The predicted octanol–water partition coefficient (Wildman–Crippen LogP) is 3.13. The second-order valence-corrected chi connectivity index (χ2v) is 9.36. The van der Waals surface area contributed by atoms with Crippen LogP contribution in [0, 0.1) is 0 Å². The Bertz CT molecular complexity index is 371. The zero-order valence-electron chi connectivity index (χ0n) is 14.9. The highest BCUT2D eigenvalue weighted by molar-refractivity contribution is 8.00. The molecule has 0 spiro atoms. The van der Waals surface area contributed by atoms with E-state index in [1.54, 1.807) is 0 Å². The van der Waals surface area contributed by atoms with Gasteiger partial charge in [0.15, 0.2) is 5.96 Å². The molecule has 6 heteroatoms. The van der Waals surface area contributed by atoms with Crippen LogP contribution in [0.25, 0.3) is 0 Å². The molecular formula is C17H33N3OS2. The fourth-order valence-electron chi connectivity index (χ4n) is 3.49. The molecule has 1 saturated heterocycles. The lowest BCUT2D eigenvalue weighted by molar-refractivity contribution is 0.0782. The second kappa shape index (κ2) is 10.0. The third-order valence-electron chi connectivity index (χ3n) is 5.01. The molecule has 1 aliphatic carbocycles. The summed E-state index contributed by atoms with van der Waals surface area (Å²) in [6.45, 7) is 5.00. The van der Waals surface area contributed by atoms with Gasteiger partial charge in [-0.15, -0.1) is 0 Å². The van der Waals surface area contributed by atoms with E-state index in [9.17, 15) is 0 Å². The summed E-state index contributed by atoms with van der Waals surface area (Å²) in [5.74, 6) is 2.19. The number of ether oxygens (including phenoxy) is 1. The number of nitrogens with zero attached hydrogens (tertiary/aromatic N) is 1. The van der Waals surface area contributed by atoms with Gasteiger partial charge in [-0.3, -0.25) is 4.99 Å². The van der Waals surface area contributed by atoms with Crippen molar-refractivity contribution in [1.29, 1.82) is 0 Å². The van der Waals surface area contributed by atoms with Gasteiger partial charge in [0, 0.05) is 42.8 Å². The van der Waals surface area contributed by atoms with Crippen LogP contribution < -0.4 is 10.6 Å². The predicted molar refractivity (Wildman–Crippen MR) is 105 cm³/mol. The number of thioether (sulfide) groups is 2. The molecule has 0 radical (unpaired) electrons. The van der Waals surface area contributed by atoms with Crippen molar-refractivity contribution in [3.05, 3.63) is 0 Å². The van der Waals surface area contributed by atoms with Gasteiger partial charge in [-0.05, 0) is 44.1 Å². The van der Waals surface area contributed by atoms with E-state index in [1.165, 1.54) is 31.4 Å². The highest BCUT2D eigenvalue weighted by Gasteiger charge is 2.32. The first-order valence-electron chi connectivity index (χ1n) is 8.93. The first kappa shape index (κ1) is 19.3. The molecule has 0 aromatic heterocycles. The van der Waals surface area contributed by atoms with E-state index < -0.39 is 0 Å². The molecule has 0 bridgehead atoms. The standard InChI is InChI=1S/C17H33N3OS2/c1-4-23-15-7-5-6-14(12-15)20-16(18-2)19-13-17(22-3)8-10-21-11-9-17/h14-15H,4-13H2,1-3H3,(H2,18,19,20). The number of hydrogen-bond acceptors (Lipinski definition) is 4. The van der Waals surface area contributed by atoms with Gasteiger partial charge in [0.05, 0.1) is 0 Å². The smallest absolute Gasteiger partial charge is 0.191 e. The molecule has 1 saturated carbocycles. The molecule has 23 heavy (non-hydrogen) atoms. The van der Waals surface area contributed by atoms with Crippen molar-refractivity contribution >= 4 is 29.5 Å². The molecule has 2 rings (SSSR count). The van der Waals surface area contributed by atoms with Crippen molar-refractivity contribution in [3.8, 4) is 0 Å². The first-order chi connectivity index (χ1) is 11.2. The lowest BCUT2D eigenvalue weighted by atomic mass is 9.95. The Morgan fingerprint density at radius 2 is 2.09 bits per heavy atom. The molecule has 1 heterocycles. The van der Waals surface area contributed by atoms with Crippen LogP contribution in [0.4, 0.5) is 0 Å². The van der Waals surface area contributed by atoms with E-state index in [2.05, 4.69) is 40.6 Å². The summed E-state index contributed by atoms with van der Waals surface area (Å²) < 4.78 is 5.82. The number of rotatable bonds is 6. The van der Waals surface area contributed by atoms with E-state index in [0.717, 1.165) is 43.8 Å². The van der Waals surface area contributed by atoms with Crippen LogP contribution >= 0.6 is 23.5 Å². The van der Waals surface area contributed by atoms with E-state index in [4.69, 9.17) is 4.74 Å². The lowest BCUT2D eigenvalue weighted by Gasteiger charge is -2.37. The molecule has 2 unspecified atom stereocenters. The molecule has 2 aliphatic rings. The van der Waals surface area contributed by atoms with Crippen molar-refractivity contribution in [3.63, 3.8) is 0 Å². The maximum Gasteiger partial charge on any atom is 0.191 e. The Kier molecular flexibility index (Phi) is 8.41. The molecule has 0 aromatic rings. The van der Waals surface area contributed by atoms with Crippen molar-refractivity contribution in [1.82, 2.24) is 10.6 Å². The lowest BCUT2D eigenvalue weighted by Crippen LogP contribution is -2.51. The van der Waals surface area contributed by atoms with Crippen LogP contribution in [-0.2, 0) is 4.74 Å². The van der Waals surface area contributed by atoms with Crippen LogP contribution in [0.15, 0.2) is 4.99 Å². The molecule has 2 atom stereocenters. The van der Waals surface area contributed by atoms with Crippen molar-refractivity contribution < 1.29 is 4.74 Å². The fraction of sp³-hybridized carbons (Fsp3) is 0.941. The third-order valence-corrected chi connectivity index (χ3v) is 7.66. The minimum absolute atomic E-state index is 0.295. The highest BCUT2D eigenvalue weighted by atomic mass is 32.2. The Morgan fingerprint density at radius 3 is 2.74 bits per heavy atom. The largest absolute Gasteiger partial charge is 0.381 e. The van der Waals surface area contributed by atoms with Crippen LogP contribution in [0.2, 0.25) is 0 Å². The first-order valence-corrected chi connectivity index (χ1v) is 11.2. The average Bonchev–Trinajstić information content (AvgIpc) is 2.60. The van der Waals surface area contributed by atoms with Gasteiger partial charge < -0.3 is 15.4 Å². The van der Waals surface area contributed by atoms with Gasteiger partial charge in [-0.25, -0.2) is 0 Å². The summed E-state index contributed by atoms with van der Waals surface area (Å²) in [6, 6.07) is 0.568. The summed E-state index contributed by atoms with van der Waals surface area (Å²) in [4.78, 5) is 4.45. The average molecular weight is 360 g/mol. The molecule has 134 valence electrons. The Labute approximate surface area is 150 Å². The van der Waals surface area contributed by atoms with Crippen LogP contribution in [0.5, 0.6) is 0 Å². The zero-order valence-corrected chi connectivity index (χ0v) is 16.5. The Balaban J connectivity index is 1.80. The summed E-state index contributed by atoms with van der Waals surface area (Å²) in [6.07, 6.45) is 9.70. The summed E-state index contributed by atoms with van der Waals surface area (Å²) >= 11 is 4.08. The van der Waals surface area contributed by atoms with Crippen molar-refractivity contribution in [2.75, 3.05) is 38.8 Å². The zero-order chi connectivity index (χ0) is 16.5. The quantitative estimate of drug-likeness (QED) is 0.563. The van der Waals surface area contributed by atoms with Gasteiger partial charge in [-0.2, -0.15) is 23.5 Å². The van der Waals surface area contributed by atoms with E-state index in [-0.39, 0.29) is 0 Å². The summed E-state index contributed by atoms with van der Waals surface area (Å²) in [5.41, 5.74) is 0. The topological polar surface area (TPSA) is 45.7 Å². The SMILES string of the molecule is CCSC1CCCC(NC(=NC)NCC2(SC)CCOCC2)C1. The minimum Gasteiger partial charge on any atom is -0.381 e. The second-order valence-electron chi connectivity index (χ2n) is 6.51. The van der Waals surface area contributed by atoms with E-state index in [1.807, 2.05) is 18.8 Å². The third kappa shape index (κ3) is 6.05. The maximum atomic E-state index is 5.53. The number of nitrogens with one attached hydrogen (secondary N) is 2. The molecule has 0 amide bonds. The number of guanidine groups is 1. The Morgan fingerprint density at radius 1 is 1.30 bits per heavy atom. The molecule has 2 N–H and O–H groups in total. The highest BCUT2D eigenvalue weighted by Crippen LogP contribution is 2.33. The van der Waals surface area contributed by atoms with Crippen LogP contribution in [0.1, 0.15) is 45.4 Å². The van der Waals surface area contributed by atoms with E-state index in [0.29, 0.717) is 10.8 Å². The summed E-state index contributed by atoms with van der Waals surface area (Å²) in [5, 5.41) is 8.06. The molecular weight excluding hydrogens is 326 g/mol. The van der Waals surface area contributed by atoms with Crippen LogP contribution in [0.3, 0.4) is 0 Å². The summed E-state index contributed by atoms with van der Waals surface area (Å²) in [7, 11) is 1.88. The Hall–Kier alpha value is -0.0700. The normalized spacial score (nSPS) is 28.4. The minimum atomic E-state index is 0.295. The fourth-order valence-corrected chi connectivity index (χ4v) is 5.46. The molecule has 4 nitrogen and oxygen atoms in total. The monoisotopic (exact) mass is 359 g/mol. The van der Waals surface area contributed by atoms with Gasteiger partial charge in [0.25, 0.3) is 0 Å². The molecule has 2 fully saturated rings. The maximum absolute atomic E-state index is 5.53. The van der Waals surface area contributed by atoms with Crippen molar-refractivity contribution in [2.45, 2.75) is 61.5 Å². The van der Waals surface area contributed by atoms with Crippen molar-refractivity contribution in [2.24, 2.45) is 4.99 Å². The van der Waals surface area contributed by atoms with Gasteiger partial charge in [-0.1, -0.05) is 13.3 Å². The van der Waals surface area contributed by atoms with Crippen LogP contribution in [-0.4, -0.2) is 60.8 Å². The molecule has 1 aliphatic heterocycles. The van der Waals surface area contributed by atoms with Gasteiger partial charge >= 0.3 is 0 Å². The number of aliphatic imine (C=N–C) groups is 1. The van der Waals surface area contributed by atoms with Gasteiger partial charge in [0.2, 0.25) is 0 Å². The molecule has 0 aromatic carbocycles.